The number of hydrogen-bond donors (Lipinski definition) is 2. The lowest BCUT2D eigenvalue weighted by atomic mass is 10.2. The highest BCUT2D eigenvalue weighted by Crippen LogP contribution is 2.20. The summed E-state index contributed by atoms with van der Waals surface area (Å²) < 4.78 is 13.9. The maximum atomic E-state index is 13.9. The number of nitrogens with two attached hydrogens (primary N) is 1. The molecule has 0 unspecified atom stereocenters. The fraction of sp³-hybridized carbons (Fsp3) is 0.368. The standard InChI is InChI=1S/C19H24FN5O/c20-16-4-1-2-5-18(16)25-12-10-24(11-13-25)9-3-7-23-17-6-8-22-14-15(17)19(21)26/h1-2,4-6,8,14H,3,7,9-13H2,(H2,21,26)(H,22,23). The van der Waals surface area contributed by atoms with Crippen molar-refractivity contribution < 1.29 is 9.18 Å². The number of anilines is 2. The summed E-state index contributed by atoms with van der Waals surface area (Å²) in [5.41, 5.74) is 7.16. The predicted octanol–water partition coefficient (Wildman–Crippen LogP) is 1.94. The Hall–Kier alpha value is -2.67. The molecule has 0 aliphatic carbocycles. The van der Waals surface area contributed by atoms with Crippen LogP contribution >= 0.6 is 0 Å². The zero-order valence-electron chi connectivity index (χ0n) is 14.7. The van der Waals surface area contributed by atoms with Gasteiger partial charge in [-0.05, 0) is 31.2 Å². The van der Waals surface area contributed by atoms with Crippen molar-refractivity contribution >= 4 is 17.3 Å². The van der Waals surface area contributed by atoms with Crippen molar-refractivity contribution in [2.75, 3.05) is 49.5 Å². The van der Waals surface area contributed by atoms with E-state index in [-0.39, 0.29) is 5.82 Å². The fourth-order valence-corrected chi connectivity index (χ4v) is 3.19. The summed E-state index contributed by atoms with van der Waals surface area (Å²) in [6.45, 7) is 5.17. The van der Waals surface area contributed by atoms with E-state index in [1.807, 2.05) is 12.1 Å². The van der Waals surface area contributed by atoms with Crippen LogP contribution in [0.3, 0.4) is 0 Å². The summed E-state index contributed by atoms with van der Waals surface area (Å²) >= 11 is 0. The van der Waals surface area contributed by atoms with Crippen molar-refractivity contribution in [1.29, 1.82) is 0 Å². The van der Waals surface area contributed by atoms with Crippen LogP contribution in [0.1, 0.15) is 16.8 Å². The number of benzene rings is 1. The molecule has 0 radical (unpaired) electrons. The number of carbonyl (C=O) groups is 1. The number of hydrogen-bond acceptors (Lipinski definition) is 5. The lowest BCUT2D eigenvalue weighted by Gasteiger charge is -2.36. The van der Waals surface area contributed by atoms with Crippen LogP contribution in [0.2, 0.25) is 0 Å². The first-order valence-corrected chi connectivity index (χ1v) is 8.84. The fourth-order valence-electron chi connectivity index (χ4n) is 3.19. The molecule has 2 heterocycles. The maximum absolute atomic E-state index is 13.9. The number of primary amides is 1. The van der Waals surface area contributed by atoms with Gasteiger partial charge in [-0.15, -0.1) is 0 Å². The molecule has 138 valence electrons. The zero-order chi connectivity index (χ0) is 18.4. The number of nitrogens with one attached hydrogen (secondary N) is 1. The molecule has 0 saturated carbocycles. The van der Waals surface area contributed by atoms with E-state index in [1.165, 1.54) is 12.3 Å². The van der Waals surface area contributed by atoms with Crippen molar-refractivity contribution in [2.24, 2.45) is 5.73 Å². The van der Waals surface area contributed by atoms with Gasteiger partial charge in [-0.2, -0.15) is 0 Å². The lowest BCUT2D eigenvalue weighted by molar-refractivity contribution is 0.100. The van der Waals surface area contributed by atoms with Gasteiger partial charge in [-0.25, -0.2) is 4.39 Å². The van der Waals surface area contributed by atoms with Crippen LogP contribution in [0.5, 0.6) is 0 Å². The number of rotatable bonds is 7. The summed E-state index contributed by atoms with van der Waals surface area (Å²) in [5, 5.41) is 3.25. The minimum Gasteiger partial charge on any atom is -0.384 e. The Morgan fingerprint density at radius 2 is 1.96 bits per heavy atom. The average molecular weight is 357 g/mol. The van der Waals surface area contributed by atoms with E-state index in [4.69, 9.17) is 5.73 Å². The van der Waals surface area contributed by atoms with Crippen LogP contribution in [0.25, 0.3) is 0 Å². The number of nitrogens with zero attached hydrogens (tertiary/aromatic N) is 3. The van der Waals surface area contributed by atoms with E-state index in [0.717, 1.165) is 51.4 Å². The number of carbonyl (C=O) groups excluding carboxylic acids is 1. The molecule has 3 N–H and O–H groups in total. The van der Waals surface area contributed by atoms with Gasteiger partial charge in [0, 0.05) is 45.1 Å². The molecule has 1 aromatic carbocycles. The highest BCUT2D eigenvalue weighted by atomic mass is 19.1. The number of amides is 1. The SMILES string of the molecule is NC(=O)c1cnccc1NCCCN1CCN(c2ccccc2F)CC1. The van der Waals surface area contributed by atoms with Gasteiger partial charge < -0.3 is 16.0 Å². The van der Waals surface area contributed by atoms with Crippen molar-refractivity contribution in [1.82, 2.24) is 9.88 Å². The topological polar surface area (TPSA) is 74.5 Å². The predicted molar refractivity (Wildman–Crippen MR) is 101 cm³/mol. The van der Waals surface area contributed by atoms with Crippen molar-refractivity contribution in [3.8, 4) is 0 Å². The third-order valence-corrected chi connectivity index (χ3v) is 4.62. The quantitative estimate of drug-likeness (QED) is 0.741. The van der Waals surface area contributed by atoms with Crippen LogP contribution in [0.4, 0.5) is 15.8 Å². The van der Waals surface area contributed by atoms with E-state index in [1.54, 1.807) is 18.3 Å². The smallest absolute Gasteiger partial charge is 0.252 e. The molecule has 1 fully saturated rings. The molecule has 26 heavy (non-hydrogen) atoms. The Morgan fingerprint density at radius 1 is 1.19 bits per heavy atom. The van der Waals surface area contributed by atoms with Crippen LogP contribution < -0.4 is 16.0 Å². The third kappa shape index (κ3) is 4.49. The van der Waals surface area contributed by atoms with Gasteiger partial charge in [-0.3, -0.25) is 14.7 Å². The van der Waals surface area contributed by atoms with Crippen molar-refractivity contribution in [3.05, 3.63) is 54.1 Å². The minimum absolute atomic E-state index is 0.159. The monoisotopic (exact) mass is 357 g/mol. The summed E-state index contributed by atoms with van der Waals surface area (Å²) in [6, 6.07) is 8.68. The van der Waals surface area contributed by atoms with Gasteiger partial charge in [0.15, 0.2) is 0 Å². The van der Waals surface area contributed by atoms with Crippen LogP contribution in [0, 0.1) is 5.82 Å². The Kier molecular flexibility index (Phi) is 6.01. The normalized spacial score (nSPS) is 15.0. The van der Waals surface area contributed by atoms with Gasteiger partial charge in [0.05, 0.1) is 16.9 Å². The summed E-state index contributed by atoms with van der Waals surface area (Å²) in [6.07, 6.45) is 4.06. The Labute approximate surface area is 152 Å². The highest BCUT2D eigenvalue weighted by Gasteiger charge is 2.18. The van der Waals surface area contributed by atoms with Gasteiger partial charge in [0.1, 0.15) is 5.82 Å². The van der Waals surface area contributed by atoms with E-state index in [0.29, 0.717) is 11.3 Å². The first-order valence-electron chi connectivity index (χ1n) is 8.84. The number of para-hydroxylation sites is 1. The largest absolute Gasteiger partial charge is 0.384 e. The molecule has 3 rings (SSSR count). The molecule has 1 saturated heterocycles. The molecule has 1 aliphatic heterocycles. The molecule has 1 amide bonds. The Morgan fingerprint density at radius 3 is 2.69 bits per heavy atom. The molecule has 7 heteroatoms. The van der Waals surface area contributed by atoms with E-state index in [2.05, 4.69) is 20.1 Å². The second-order valence-electron chi connectivity index (χ2n) is 6.35. The Bertz CT molecular complexity index is 746. The van der Waals surface area contributed by atoms with Crippen molar-refractivity contribution in [2.45, 2.75) is 6.42 Å². The second kappa shape index (κ2) is 8.62. The number of halogens is 1. The molecule has 1 aliphatic rings. The van der Waals surface area contributed by atoms with Gasteiger partial charge in [0.25, 0.3) is 5.91 Å². The Balaban J connectivity index is 1.41. The molecular formula is C19H24FN5O. The average Bonchev–Trinajstić information content (AvgIpc) is 2.66. The molecule has 1 aromatic heterocycles. The number of pyridine rings is 1. The van der Waals surface area contributed by atoms with E-state index in [9.17, 15) is 9.18 Å². The minimum atomic E-state index is -0.482. The van der Waals surface area contributed by atoms with E-state index >= 15 is 0 Å². The molecule has 6 nitrogen and oxygen atoms in total. The molecular weight excluding hydrogens is 333 g/mol. The van der Waals surface area contributed by atoms with Crippen molar-refractivity contribution in [3.63, 3.8) is 0 Å². The molecule has 2 aromatic rings. The molecule has 0 bridgehead atoms. The first kappa shape index (κ1) is 18.1. The summed E-state index contributed by atoms with van der Waals surface area (Å²) in [7, 11) is 0. The number of aromatic nitrogens is 1. The van der Waals surface area contributed by atoms with Gasteiger partial charge in [-0.1, -0.05) is 12.1 Å². The third-order valence-electron chi connectivity index (χ3n) is 4.62. The van der Waals surface area contributed by atoms with E-state index < -0.39 is 5.91 Å². The van der Waals surface area contributed by atoms with Gasteiger partial charge in [0.2, 0.25) is 0 Å². The summed E-state index contributed by atoms with van der Waals surface area (Å²) in [4.78, 5) is 19.8. The zero-order valence-corrected chi connectivity index (χ0v) is 14.7. The van der Waals surface area contributed by atoms with Crippen LogP contribution in [-0.2, 0) is 0 Å². The van der Waals surface area contributed by atoms with Gasteiger partial charge >= 0.3 is 0 Å². The maximum Gasteiger partial charge on any atom is 0.252 e. The second-order valence-corrected chi connectivity index (χ2v) is 6.35. The van der Waals surface area contributed by atoms with Crippen LogP contribution in [-0.4, -0.2) is 55.1 Å². The summed E-state index contributed by atoms with van der Waals surface area (Å²) in [5.74, 6) is -0.641. The first-order chi connectivity index (χ1) is 12.6. The number of piperazine rings is 1. The highest BCUT2D eigenvalue weighted by molar-refractivity contribution is 5.98. The van der Waals surface area contributed by atoms with Crippen LogP contribution in [0.15, 0.2) is 42.7 Å². The molecule has 0 spiro atoms. The molecule has 0 atom stereocenters. The lowest BCUT2D eigenvalue weighted by Crippen LogP contribution is -2.47.